The summed E-state index contributed by atoms with van der Waals surface area (Å²) >= 11 is 0. The van der Waals surface area contributed by atoms with Crippen LogP contribution in [0.15, 0.2) is 24.0 Å². The van der Waals surface area contributed by atoms with Gasteiger partial charge in [0.25, 0.3) is 0 Å². The normalized spacial score (nSPS) is 11.7. The standard InChI is InChI=1S/C12H17NO/c1-3-6-13-7-5-12(9-13)8-11(4-2)10-14/h5,7-10H,3-4,6H2,1-2H3. The van der Waals surface area contributed by atoms with Gasteiger partial charge in [-0.2, -0.15) is 0 Å². The van der Waals surface area contributed by atoms with Crippen LogP contribution >= 0.6 is 0 Å². The predicted octanol–water partition coefficient (Wildman–Crippen LogP) is 2.89. The van der Waals surface area contributed by atoms with Crippen LogP contribution in [0.2, 0.25) is 0 Å². The van der Waals surface area contributed by atoms with Gasteiger partial charge in [-0.05, 0) is 36.1 Å². The zero-order valence-electron chi connectivity index (χ0n) is 8.86. The minimum absolute atomic E-state index is 0.794. The summed E-state index contributed by atoms with van der Waals surface area (Å²) in [7, 11) is 0. The molecule has 76 valence electrons. The van der Waals surface area contributed by atoms with E-state index < -0.39 is 0 Å². The summed E-state index contributed by atoms with van der Waals surface area (Å²) < 4.78 is 2.14. The zero-order chi connectivity index (χ0) is 10.4. The average Bonchev–Trinajstić information content (AvgIpc) is 2.63. The van der Waals surface area contributed by atoms with E-state index in [4.69, 9.17) is 0 Å². The highest BCUT2D eigenvalue weighted by atomic mass is 16.1. The molecule has 2 nitrogen and oxygen atoms in total. The molecule has 1 aromatic heterocycles. The van der Waals surface area contributed by atoms with Gasteiger partial charge in [0.2, 0.25) is 0 Å². The number of hydrogen-bond donors (Lipinski definition) is 0. The molecule has 0 radical (unpaired) electrons. The summed E-state index contributed by atoms with van der Waals surface area (Å²) in [4.78, 5) is 10.6. The highest BCUT2D eigenvalue weighted by molar-refractivity contribution is 5.81. The highest BCUT2D eigenvalue weighted by Gasteiger charge is 1.95. The number of carbonyl (C=O) groups excluding carboxylic acids is 1. The third kappa shape index (κ3) is 2.87. The van der Waals surface area contributed by atoms with Crippen molar-refractivity contribution < 1.29 is 4.79 Å². The number of allylic oxidation sites excluding steroid dienone is 1. The fourth-order valence-electron chi connectivity index (χ4n) is 1.38. The molecule has 0 unspecified atom stereocenters. The molecule has 0 aliphatic rings. The Bertz CT molecular complexity index is 323. The zero-order valence-corrected chi connectivity index (χ0v) is 8.86. The van der Waals surface area contributed by atoms with E-state index in [9.17, 15) is 4.79 Å². The molecule has 2 heteroatoms. The van der Waals surface area contributed by atoms with Crippen molar-refractivity contribution in [2.75, 3.05) is 0 Å². The average molecular weight is 191 g/mol. The molecule has 0 saturated carbocycles. The molecule has 0 aromatic carbocycles. The van der Waals surface area contributed by atoms with Crippen molar-refractivity contribution in [3.8, 4) is 0 Å². The second-order valence-corrected chi connectivity index (χ2v) is 3.37. The summed E-state index contributed by atoms with van der Waals surface area (Å²) in [6.45, 7) is 5.18. The smallest absolute Gasteiger partial charge is 0.146 e. The van der Waals surface area contributed by atoms with E-state index in [2.05, 4.69) is 17.7 Å². The van der Waals surface area contributed by atoms with Crippen LogP contribution in [0, 0.1) is 0 Å². The van der Waals surface area contributed by atoms with Crippen LogP contribution < -0.4 is 0 Å². The van der Waals surface area contributed by atoms with E-state index in [0.717, 1.165) is 36.8 Å². The van der Waals surface area contributed by atoms with Crippen LogP contribution in [0.4, 0.5) is 0 Å². The Morgan fingerprint density at radius 1 is 1.50 bits per heavy atom. The summed E-state index contributed by atoms with van der Waals surface area (Å²) in [5, 5.41) is 0. The van der Waals surface area contributed by atoms with Crippen molar-refractivity contribution in [2.45, 2.75) is 33.2 Å². The van der Waals surface area contributed by atoms with Crippen LogP contribution in [-0.4, -0.2) is 10.9 Å². The maximum atomic E-state index is 10.6. The number of rotatable bonds is 5. The lowest BCUT2D eigenvalue weighted by atomic mass is 10.1. The molecule has 1 heterocycles. The summed E-state index contributed by atoms with van der Waals surface area (Å²) in [6.07, 6.45) is 8.92. The van der Waals surface area contributed by atoms with Gasteiger partial charge in [-0.3, -0.25) is 4.79 Å². The first-order valence-electron chi connectivity index (χ1n) is 5.11. The lowest BCUT2D eigenvalue weighted by Gasteiger charge is -1.96. The van der Waals surface area contributed by atoms with E-state index in [0.29, 0.717) is 0 Å². The second-order valence-electron chi connectivity index (χ2n) is 3.37. The minimum atomic E-state index is 0.794. The molecule has 0 bridgehead atoms. The third-order valence-corrected chi connectivity index (χ3v) is 2.17. The van der Waals surface area contributed by atoms with Crippen molar-refractivity contribution in [1.29, 1.82) is 0 Å². The number of aromatic nitrogens is 1. The molecule has 0 aliphatic heterocycles. The summed E-state index contributed by atoms with van der Waals surface area (Å²) in [5.41, 5.74) is 1.96. The van der Waals surface area contributed by atoms with E-state index >= 15 is 0 Å². The molecule has 1 aromatic rings. The van der Waals surface area contributed by atoms with Crippen molar-refractivity contribution >= 4 is 12.4 Å². The fraction of sp³-hybridized carbons (Fsp3) is 0.417. The molecule has 0 atom stereocenters. The highest BCUT2D eigenvalue weighted by Crippen LogP contribution is 2.09. The molecule has 0 saturated heterocycles. The van der Waals surface area contributed by atoms with E-state index in [1.165, 1.54) is 0 Å². The van der Waals surface area contributed by atoms with Gasteiger partial charge in [0, 0.05) is 18.9 Å². The summed E-state index contributed by atoms with van der Waals surface area (Å²) in [5.74, 6) is 0. The molecule has 0 spiro atoms. The van der Waals surface area contributed by atoms with Gasteiger partial charge in [-0.25, -0.2) is 0 Å². The molecular weight excluding hydrogens is 174 g/mol. The molecule has 14 heavy (non-hydrogen) atoms. The SMILES string of the molecule is CCCn1ccc(C=C(C=O)CC)c1. The fourth-order valence-corrected chi connectivity index (χ4v) is 1.38. The Balaban J connectivity index is 2.76. The number of aryl methyl sites for hydroxylation is 1. The number of hydrogen-bond acceptors (Lipinski definition) is 1. The Hall–Kier alpha value is -1.31. The first-order chi connectivity index (χ1) is 6.80. The van der Waals surface area contributed by atoms with E-state index in [-0.39, 0.29) is 0 Å². The van der Waals surface area contributed by atoms with Crippen molar-refractivity contribution in [2.24, 2.45) is 0 Å². The topological polar surface area (TPSA) is 22.0 Å². The van der Waals surface area contributed by atoms with Crippen molar-refractivity contribution in [3.63, 3.8) is 0 Å². The Kier molecular flexibility index (Phi) is 4.17. The molecule has 0 N–H and O–H groups in total. The van der Waals surface area contributed by atoms with Gasteiger partial charge in [0.05, 0.1) is 0 Å². The number of carbonyl (C=O) groups is 1. The van der Waals surface area contributed by atoms with Crippen molar-refractivity contribution in [1.82, 2.24) is 4.57 Å². The van der Waals surface area contributed by atoms with E-state index in [1.54, 1.807) is 0 Å². The van der Waals surface area contributed by atoms with Crippen LogP contribution in [0.25, 0.3) is 6.08 Å². The molecule has 0 fully saturated rings. The Morgan fingerprint density at radius 3 is 2.86 bits per heavy atom. The van der Waals surface area contributed by atoms with Crippen LogP contribution in [0.3, 0.4) is 0 Å². The largest absolute Gasteiger partial charge is 0.354 e. The van der Waals surface area contributed by atoms with E-state index in [1.807, 2.05) is 25.3 Å². The van der Waals surface area contributed by atoms with Crippen LogP contribution in [0.1, 0.15) is 32.3 Å². The van der Waals surface area contributed by atoms with Gasteiger partial charge >= 0.3 is 0 Å². The maximum absolute atomic E-state index is 10.6. The Labute approximate surface area is 85.2 Å². The molecule has 1 rings (SSSR count). The Morgan fingerprint density at radius 2 is 2.29 bits per heavy atom. The second kappa shape index (κ2) is 5.43. The quantitative estimate of drug-likeness (QED) is 0.518. The number of nitrogens with zero attached hydrogens (tertiary/aromatic N) is 1. The molecule has 0 aliphatic carbocycles. The molecule has 0 amide bonds. The predicted molar refractivity (Wildman–Crippen MR) is 59.1 cm³/mol. The summed E-state index contributed by atoms with van der Waals surface area (Å²) in [6, 6.07) is 2.04. The number of aldehydes is 1. The molecular formula is C12H17NO. The third-order valence-electron chi connectivity index (χ3n) is 2.17. The lowest BCUT2D eigenvalue weighted by molar-refractivity contribution is -0.104. The maximum Gasteiger partial charge on any atom is 0.146 e. The van der Waals surface area contributed by atoms with Crippen LogP contribution in [0.5, 0.6) is 0 Å². The first-order valence-corrected chi connectivity index (χ1v) is 5.11. The lowest BCUT2D eigenvalue weighted by Crippen LogP contribution is -1.90. The van der Waals surface area contributed by atoms with Gasteiger partial charge in [-0.1, -0.05) is 13.8 Å². The first kappa shape index (κ1) is 10.8. The monoisotopic (exact) mass is 191 g/mol. The van der Waals surface area contributed by atoms with Gasteiger partial charge in [-0.15, -0.1) is 0 Å². The van der Waals surface area contributed by atoms with Gasteiger partial charge in [0.1, 0.15) is 6.29 Å². The van der Waals surface area contributed by atoms with Gasteiger partial charge < -0.3 is 4.57 Å². The van der Waals surface area contributed by atoms with Crippen molar-refractivity contribution in [3.05, 3.63) is 29.6 Å². The van der Waals surface area contributed by atoms with Gasteiger partial charge in [0.15, 0.2) is 0 Å². The van der Waals surface area contributed by atoms with Crippen LogP contribution in [-0.2, 0) is 11.3 Å². The minimum Gasteiger partial charge on any atom is -0.354 e.